The van der Waals surface area contributed by atoms with Crippen LogP contribution in [0.2, 0.25) is 10.0 Å². The average molecular weight is 394 g/mol. The van der Waals surface area contributed by atoms with Gasteiger partial charge in [-0.3, -0.25) is 5.41 Å². The molecule has 0 spiro atoms. The Morgan fingerprint density at radius 3 is 2.62 bits per heavy atom. The van der Waals surface area contributed by atoms with Crippen molar-refractivity contribution in [1.82, 2.24) is 19.7 Å². The van der Waals surface area contributed by atoms with E-state index in [9.17, 15) is 5.21 Å². The summed E-state index contributed by atoms with van der Waals surface area (Å²) in [5.74, 6) is 0.118. The molecule has 2 heterocycles. The molecule has 0 atom stereocenters. The first-order chi connectivity index (χ1) is 12.3. The normalized spacial score (nSPS) is 11.3. The Kier molecular flexibility index (Phi) is 4.88. The molecule has 0 fully saturated rings. The highest BCUT2D eigenvalue weighted by molar-refractivity contribution is 6.42. The van der Waals surface area contributed by atoms with E-state index in [0.29, 0.717) is 22.3 Å². The number of hydrogen-bond acceptors (Lipinski definition) is 7. The Balaban J connectivity index is 2.04. The van der Waals surface area contributed by atoms with Crippen molar-refractivity contribution in [2.75, 3.05) is 10.6 Å². The van der Waals surface area contributed by atoms with E-state index in [1.807, 2.05) is 24.8 Å². The number of nitrogens with two attached hydrogens (primary N) is 1. The van der Waals surface area contributed by atoms with Crippen molar-refractivity contribution >= 4 is 34.7 Å². The van der Waals surface area contributed by atoms with E-state index in [1.54, 1.807) is 12.1 Å². The second-order valence-corrected chi connectivity index (χ2v) is 6.82. The number of benzene rings is 1. The van der Waals surface area contributed by atoms with Gasteiger partial charge < -0.3 is 15.8 Å². The lowest BCUT2D eigenvalue weighted by Gasteiger charge is -2.29. The minimum Gasteiger partial charge on any atom is -0.427 e. The molecule has 1 aromatic rings. The monoisotopic (exact) mass is 393 g/mol. The Bertz CT molecular complexity index is 989. The average Bonchev–Trinajstić information content (AvgIpc) is 2.56. The van der Waals surface area contributed by atoms with Crippen LogP contribution in [0, 0.1) is 5.41 Å². The molecular weight excluding hydrogens is 377 g/mol. The van der Waals surface area contributed by atoms with Gasteiger partial charge in [0.25, 0.3) is 0 Å². The number of anilines is 2. The van der Waals surface area contributed by atoms with Gasteiger partial charge in [0.05, 0.1) is 28.5 Å². The summed E-state index contributed by atoms with van der Waals surface area (Å²) in [4.78, 5) is 14.1. The predicted octanol–water partition coefficient (Wildman–Crippen LogP) is 2.80. The number of nitrogens with zero attached hydrogens (tertiary/aromatic N) is 5. The van der Waals surface area contributed by atoms with E-state index in [2.05, 4.69) is 15.0 Å². The smallest absolute Gasteiger partial charge is 0.246 e. The highest BCUT2D eigenvalue weighted by Gasteiger charge is 2.19. The molecule has 0 unspecified atom stereocenters. The fourth-order valence-corrected chi connectivity index (χ4v) is 2.88. The van der Waals surface area contributed by atoms with Crippen LogP contribution in [0.5, 0.6) is 0 Å². The lowest BCUT2D eigenvalue weighted by molar-refractivity contribution is 0.184. The number of nitrogens with one attached hydrogen (secondary N) is 1. The third-order valence-electron chi connectivity index (χ3n) is 3.83. The minimum absolute atomic E-state index is 0.0373. The lowest BCUT2D eigenvalue weighted by Crippen LogP contribution is -2.31. The zero-order chi connectivity index (χ0) is 19.0. The van der Waals surface area contributed by atoms with E-state index in [-0.39, 0.29) is 29.0 Å². The van der Waals surface area contributed by atoms with Gasteiger partial charge in [-0.25, -0.2) is 4.98 Å². The number of rotatable bonds is 4. The lowest BCUT2D eigenvalue weighted by atomic mass is 10.2. The van der Waals surface area contributed by atoms with E-state index in [0.717, 1.165) is 10.4 Å². The van der Waals surface area contributed by atoms with Gasteiger partial charge in [-0.15, -0.1) is 0 Å². The SMILES string of the molecule is CC(C)N(Cc1cn(O)c2nc(=N)nc(N)c-2n1)c1ccc(Cl)c(Cl)c1. The molecule has 0 aliphatic carbocycles. The molecule has 3 rings (SSSR count). The first-order valence-corrected chi connectivity index (χ1v) is 8.53. The second kappa shape index (κ2) is 6.97. The zero-order valence-corrected chi connectivity index (χ0v) is 15.6. The third kappa shape index (κ3) is 3.51. The molecule has 0 amide bonds. The van der Waals surface area contributed by atoms with Crippen molar-refractivity contribution in [3.63, 3.8) is 0 Å². The molecule has 4 N–H and O–H groups in total. The van der Waals surface area contributed by atoms with Crippen LogP contribution in [0.3, 0.4) is 0 Å². The maximum absolute atomic E-state index is 10.2. The number of aromatic nitrogens is 4. The van der Waals surface area contributed by atoms with Gasteiger partial charge in [-0.1, -0.05) is 23.2 Å². The predicted molar refractivity (Wildman–Crippen MR) is 99.7 cm³/mol. The summed E-state index contributed by atoms with van der Waals surface area (Å²) < 4.78 is 0.807. The van der Waals surface area contributed by atoms with Gasteiger partial charge in [0, 0.05) is 11.7 Å². The summed E-state index contributed by atoms with van der Waals surface area (Å²) >= 11 is 12.1. The summed E-state index contributed by atoms with van der Waals surface area (Å²) in [6.07, 6.45) is 1.43. The molecule has 1 aromatic carbocycles. The fourth-order valence-electron chi connectivity index (χ4n) is 2.59. The Labute approximate surface area is 159 Å². The maximum atomic E-state index is 10.2. The summed E-state index contributed by atoms with van der Waals surface area (Å²) in [6.45, 7) is 4.44. The summed E-state index contributed by atoms with van der Waals surface area (Å²) in [6, 6.07) is 5.51. The van der Waals surface area contributed by atoms with Gasteiger partial charge in [0.15, 0.2) is 11.5 Å². The van der Waals surface area contributed by atoms with Gasteiger partial charge in [-0.05, 0) is 32.0 Å². The van der Waals surface area contributed by atoms with Crippen LogP contribution in [0.1, 0.15) is 19.5 Å². The molecule has 10 heteroatoms. The first kappa shape index (κ1) is 18.2. The van der Waals surface area contributed by atoms with E-state index >= 15 is 0 Å². The number of halogens is 2. The molecule has 0 saturated carbocycles. The third-order valence-corrected chi connectivity index (χ3v) is 4.57. The van der Waals surface area contributed by atoms with Crippen LogP contribution >= 0.6 is 23.2 Å². The summed E-state index contributed by atoms with van der Waals surface area (Å²) in [5, 5.41) is 18.6. The standard InChI is InChI=1S/C16H17Cl2N7O/c1-8(2)24(10-3-4-11(17)12(18)5-10)6-9-7-25(26)15-13(21-9)14(19)22-16(20)23-15/h3-5,7-8,26H,6H2,1-2H3,(H3,19,20,22). The van der Waals surface area contributed by atoms with Gasteiger partial charge in [0.2, 0.25) is 11.4 Å². The molecule has 0 bridgehead atoms. The molecular formula is C16H17Cl2N7O. The van der Waals surface area contributed by atoms with Crippen LogP contribution in [-0.4, -0.2) is 30.9 Å². The van der Waals surface area contributed by atoms with Crippen molar-refractivity contribution in [2.45, 2.75) is 26.4 Å². The first-order valence-electron chi connectivity index (χ1n) is 7.77. The largest absolute Gasteiger partial charge is 0.427 e. The Morgan fingerprint density at radius 1 is 1.23 bits per heavy atom. The van der Waals surface area contributed by atoms with Crippen molar-refractivity contribution in [3.05, 3.63) is 45.8 Å². The van der Waals surface area contributed by atoms with E-state index in [1.165, 1.54) is 6.20 Å². The van der Waals surface area contributed by atoms with Crippen molar-refractivity contribution < 1.29 is 5.21 Å². The molecule has 26 heavy (non-hydrogen) atoms. The van der Waals surface area contributed by atoms with Crippen molar-refractivity contribution in [2.24, 2.45) is 0 Å². The van der Waals surface area contributed by atoms with Crippen LogP contribution in [0.25, 0.3) is 11.5 Å². The van der Waals surface area contributed by atoms with Crippen molar-refractivity contribution in [1.29, 1.82) is 5.41 Å². The quantitative estimate of drug-likeness (QED) is 0.586. The van der Waals surface area contributed by atoms with Crippen LogP contribution in [0.4, 0.5) is 11.5 Å². The van der Waals surface area contributed by atoms with Crippen molar-refractivity contribution in [3.8, 4) is 11.5 Å². The van der Waals surface area contributed by atoms with Crippen LogP contribution in [0.15, 0.2) is 24.4 Å². The zero-order valence-electron chi connectivity index (χ0n) is 14.1. The molecule has 0 saturated heterocycles. The maximum Gasteiger partial charge on any atom is 0.246 e. The minimum atomic E-state index is -0.285. The highest BCUT2D eigenvalue weighted by Crippen LogP contribution is 2.29. The molecule has 0 radical (unpaired) electrons. The molecule has 136 valence electrons. The molecule has 0 aromatic heterocycles. The van der Waals surface area contributed by atoms with Gasteiger partial charge in [0.1, 0.15) is 0 Å². The number of hydrogen-bond donors (Lipinski definition) is 3. The highest BCUT2D eigenvalue weighted by atomic mass is 35.5. The summed E-state index contributed by atoms with van der Waals surface area (Å²) in [5.41, 5.74) is 7.20. The molecule has 8 nitrogen and oxygen atoms in total. The number of nitrogen functional groups attached to an aromatic ring is 1. The van der Waals surface area contributed by atoms with Crippen LogP contribution in [-0.2, 0) is 6.54 Å². The Morgan fingerprint density at radius 2 is 1.96 bits per heavy atom. The second-order valence-electron chi connectivity index (χ2n) is 6.00. The topological polar surface area (TPSA) is 117 Å². The van der Waals surface area contributed by atoms with Gasteiger partial charge in [-0.2, -0.15) is 14.7 Å². The molecule has 2 aliphatic rings. The van der Waals surface area contributed by atoms with E-state index < -0.39 is 0 Å². The summed E-state index contributed by atoms with van der Waals surface area (Å²) in [7, 11) is 0. The van der Waals surface area contributed by atoms with Crippen LogP contribution < -0.4 is 16.3 Å². The molecule has 2 aliphatic heterocycles. The van der Waals surface area contributed by atoms with Gasteiger partial charge >= 0.3 is 0 Å². The van der Waals surface area contributed by atoms with E-state index in [4.69, 9.17) is 34.3 Å². The Hall–Kier alpha value is -2.58. The number of fused-ring (bicyclic) bond motifs is 1. The fraction of sp³-hybridized carbons (Fsp3) is 0.250.